The van der Waals surface area contributed by atoms with Crippen molar-refractivity contribution in [2.75, 3.05) is 11.4 Å². The summed E-state index contributed by atoms with van der Waals surface area (Å²) in [4.78, 5) is 1.33. The van der Waals surface area contributed by atoms with E-state index in [1.807, 2.05) is 0 Å². The third kappa shape index (κ3) is 2.16. The molecule has 1 saturated heterocycles. The lowest BCUT2D eigenvalue weighted by Crippen LogP contribution is -2.46. The molecule has 0 saturated carbocycles. The number of piperidine rings is 1. The zero-order chi connectivity index (χ0) is 13.4. The average molecular weight is 262 g/mol. The summed E-state index contributed by atoms with van der Waals surface area (Å²) in [6.45, 7) is 2.00. The topological polar surface area (TPSA) is 29.3 Å². The van der Waals surface area contributed by atoms with E-state index in [1.54, 1.807) is 6.92 Å². The SMILES string of the molecule is CC1CC(N)CCN1c1c(F)c(F)cc(F)c1F. The maximum absolute atomic E-state index is 13.6. The number of nitrogens with zero attached hydrogens (tertiary/aromatic N) is 1. The standard InChI is InChI=1S/C12H14F4N2/c1-6-4-7(17)2-3-18(6)12-10(15)8(13)5-9(14)11(12)16/h5-7H,2-4,17H2,1H3. The molecule has 2 atom stereocenters. The Morgan fingerprint density at radius 1 is 1.17 bits per heavy atom. The maximum atomic E-state index is 13.6. The molecule has 2 rings (SSSR count). The lowest BCUT2D eigenvalue weighted by molar-refractivity contribution is 0.402. The fourth-order valence-electron chi connectivity index (χ4n) is 2.35. The molecule has 0 radical (unpaired) electrons. The molecule has 1 aromatic carbocycles. The van der Waals surface area contributed by atoms with E-state index in [-0.39, 0.29) is 24.7 Å². The Kier molecular flexibility index (Phi) is 3.47. The van der Waals surface area contributed by atoms with Crippen LogP contribution in [0.25, 0.3) is 0 Å². The zero-order valence-electron chi connectivity index (χ0n) is 9.89. The number of nitrogens with two attached hydrogens (primary N) is 1. The first-order valence-electron chi connectivity index (χ1n) is 5.77. The van der Waals surface area contributed by atoms with E-state index in [4.69, 9.17) is 5.73 Å². The smallest absolute Gasteiger partial charge is 0.185 e. The number of halogens is 4. The number of hydrogen-bond acceptors (Lipinski definition) is 2. The third-order valence-electron chi connectivity index (χ3n) is 3.29. The van der Waals surface area contributed by atoms with Crippen molar-refractivity contribution in [2.45, 2.75) is 31.8 Å². The van der Waals surface area contributed by atoms with Crippen LogP contribution in [0.3, 0.4) is 0 Å². The van der Waals surface area contributed by atoms with Crippen LogP contribution in [0.4, 0.5) is 23.2 Å². The summed E-state index contributed by atoms with van der Waals surface area (Å²) < 4.78 is 53.6. The minimum Gasteiger partial charge on any atom is -0.364 e. The van der Waals surface area contributed by atoms with E-state index < -0.39 is 29.0 Å². The summed E-state index contributed by atoms with van der Waals surface area (Å²) in [5.41, 5.74) is 5.11. The molecule has 1 heterocycles. The maximum Gasteiger partial charge on any atom is 0.185 e. The van der Waals surface area contributed by atoms with E-state index in [0.29, 0.717) is 12.8 Å². The molecule has 6 heteroatoms. The van der Waals surface area contributed by atoms with Crippen LogP contribution in [0.2, 0.25) is 0 Å². The van der Waals surface area contributed by atoms with Gasteiger partial charge in [0.05, 0.1) is 0 Å². The molecule has 0 spiro atoms. The van der Waals surface area contributed by atoms with Gasteiger partial charge in [0.25, 0.3) is 0 Å². The van der Waals surface area contributed by atoms with Crippen molar-refractivity contribution in [3.8, 4) is 0 Å². The van der Waals surface area contributed by atoms with Crippen LogP contribution in [-0.2, 0) is 0 Å². The summed E-state index contributed by atoms with van der Waals surface area (Å²) in [6, 6.07) is -0.103. The van der Waals surface area contributed by atoms with Crippen LogP contribution in [0, 0.1) is 23.3 Å². The molecule has 2 unspecified atom stereocenters. The van der Waals surface area contributed by atoms with E-state index in [1.165, 1.54) is 4.90 Å². The highest BCUT2D eigenvalue weighted by Gasteiger charge is 2.30. The molecule has 1 aliphatic heterocycles. The minimum absolute atomic E-state index is 0.0548. The molecule has 1 fully saturated rings. The van der Waals surface area contributed by atoms with Gasteiger partial charge >= 0.3 is 0 Å². The number of anilines is 1. The van der Waals surface area contributed by atoms with Gasteiger partial charge in [0.2, 0.25) is 0 Å². The molecule has 0 amide bonds. The van der Waals surface area contributed by atoms with E-state index in [9.17, 15) is 17.6 Å². The molecule has 1 aliphatic rings. The quantitative estimate of drug-likeness (QED) is 0.622. The molecule has 0 aromatic heterocycles. The van der Waals surface area contributed by atoms with E-state index in [0.717, 1.165) is 0 Å². The fraction of sp³-hybridized carbons (Fsp3) is 0.500. The zero-order valence-corrected chi connectivity index (χ0v) is 9.89. The van der Waals surface area contributed by atoms with Gasteiger partial charge in [-0.3, -0.25) is 0 Å². The largest absolute Gasteiger partial charge is 0.364 e. The van der Waals surface area contributed by atoms with Gasteiger partial charge in [0, 0.05) is 24.7 Å². The Balaban J connectivity index is 2.44. The molecule has 0 bridgehead atoms. The minimum atomic E-state index is -1.38. The van der Waals surface area contributed by atoms with Gasteiger partial charge in [-0.15, -0.1) is 0 Å². The van der Waals surface area contributed by atoms with Gasteiger partial charge < -0.3 is 10.6 Å². The van der Waals surface area contributed by atoms with Crippen molar-refractivity contribution in [1.29, 1.82) is 0 Å². The third-order valence-corrected chi connectivity index (χ3v) is 3.29. The number of benzene rings is 1. The Bertz CT molecular complexity index is 438. The summed E-state index contributed by atoms with van der Waals surface area (Å²) in [5.74, 6) is -5.47. The Labute approximate surface area is 102 Å². The number of rotatable bonds is 1. The second-order valence-electron chi connectivity index (χ2n) is 4.64. The molecule has 2 nitrogen and oxygen atoms in total. The van der Waals surface area contributed by atoms with Gasteiger partial charge in [0.15, 0.2) is 23.3 Å². The highest BCUT2D eigenvalue weighted by atomic mass is 19.2. The first-order chi connectivity index (χ1) is 8.41. The average Bonchev–Trinajstić information content (AvgIpc) is 2.29. The van der Waals surface area contributed by atoms with Crippen LogP contribution in [0.1, 0.15) is 19.8 Å². The molecular formula is C12H14F4N2. The van der Waals surface area contributed by atoms with Crippen molar-refractivity contribution in [3.05, 3.63) is 29.3 Å². The summed E-state index contributed by atoms with van der Waals surface area (Å²) in [7, 11) is 0. The van der Waals surface area contributed by atoms with E-state index in [2.05, 4.69) is 0 Å². The van der Waals surface area contributed by atoms with Gasteiger partial charge in [-0.1, -0.05) is 0 Å². The molecule has 100 valence electrons. The molecule has 1 aromatic rings. The van der Waals surface area contributed by atoms with Crippen molar-refractivity contribution >= 4 is 5.69 Å². The normalized spacial score (nSPS) is 24.4. The van der Waals surface area contributed by atoms with Gasteiger partial charge in [-0.25, -0.2) is 17.6 Å². The second-order valence-corrected chi connectivity index (χ2v) is 4.64. The second kappa shape index (κ2) is 4.76. The molecule has 2 N–H and O–H groups in total. The lowest BCUT2D eigenvalue weighted by atomic mass is 9.98. The van der Waals surface area contributed by atoms with Gasteiger partial charge in [0.1, 0.15) is 5.69 Å². The van der Waals surface area contributed by atoms with Crippen LogP contribution in [0.5, 0.6) is 0 Å². The van der Waals surface area contributed by atoms with Crippen LogP contribution in [-0.4, -0.2) is 18.6 Å². The predicted molar refractivity (Wildman–Crippen MR) is 60.3 cm³/mol. The van der Waals surface area contributed by atoms with Crippen molar-refractivity contribution in [1.82, 2.24) is 0 Å². The Hall–Kier alpha value is -1.30. The molecule has 18 heavy (non-hydrogen) atoms. The highest BCUT2D eigenvalue weighted by Crippen LogP contribution is 2.32. The predicted octanol–water partition coefficient (Wildman–Crippen LogP) is 2.56. The van der Waals surface area contributed by atoms with Crippen LogP contribution < -0.4 is 10.6 Å². The highest BCUT2D eigenvalue weighted by molar-refractivity contribution is 5.51. The van der Waals surface area contributed by atoms with Gasteiger partial charge in [-0.2, -0.15) is 0 Å². The fourth-order valence-corrected chi connectivity index (χ4v) is 2.35. The van der Waals surface area contributed by atoms with Crippen molar-refractivity contribution in [2.24, 2.45) is 5.73 Å². The summed E-state index contributed by atoms with van der Waals surface area (Å²) in [6.07, 6.45) is 1.05. The molecular weight excluding hydrogens is 248 g/mol. The van der Waals surface area contributed by atoms with Gasteiger partial charge in [-0.05, 0) is 19.8 Å². The summed E-state index contributed by atoms with van der Waals surface area (Å²) >= 11 is 0. The Morgan fingerprint density at radius 2 is 1.72 bits per heavy atom. The van der Waals surface area contributed by atoms with Crippen molar-refractivity contribution < 1.29 is 17.6 Å². The van der Waals surface area contributed by atoms with Crippen LogP contribution >= 0.6 is 0 Å². The number of hydrogen-bond donors (Lipinski definition) is 1. The summed E-state index contributed by atoms with van der Waals surface area (Å²) in [5, 5.41) is 0. The van der Waals surface area contributed by atoms with Crippen molar-refractivity contribution in [3.63, 3.8) is 0 Å². The monoisotopic (exact) mass is 262 g/mol. The Morgan fingerprint density at radius 3 is 2.22 bits per heavy atom. The first kappa shape index (κ1) is 13.1. The first-order valence-corrected chi connectivity index (χ1v) is 5.77. The van der Waals surface area contributed by atoms with Crippen LogP contribution in [0.15, 0.2) is 6.07 Å². The van der Waals surface area contributed by atoms with E-state index >= 15 is 0 Å². The lowest BCUT2D eigenvalue weighted by Gasteiger charge is -2.38. The molecule has 0 aliphatic carbocycles.